The molecule has 2 aromatic carbocycles. The molecule has 1 amide bonds. The maximum atomic E-state index is 13.5. The van der Waals surface area contributed by atoms with E-state index in [9.17, 15) is 18.4 Å². The van der Waals surface area contributed by atoms with Crippen LogP contribution in [0.25, 0.3) is 11.3 Å². The third-order valence-corrected chi connectivity index (χ3v) is 4.51. The van der Waals surface area contributed by atoms with Gasteiger partial charge in [-0.1, -0.05) is 30.3 Å². The van der Waals surface area contributed by atoms with E-state index in [1.807, 2.05) is 30.3 Å². The van der Waals surface area contributed by atoms with Crippen molar-refractivity contribution in [3.8, 4) is 11.3 Å². The first-order valence-electron chi connectivity index (χ1n) is 7.20. The van der Waals surface area contributed by atoms with Crippen molar-refractivity contribution in [2.45, 2.75) is 0 Å². The first-order chi connectivity index (χ1) is 12.0. The smallest absolute Gasteiger partial charge is 0.261 e. The topological polar surface area (TPSA) is 62.0 Å². The van der Waals surface area contributed by atoms with Crippen LogP contribution in [0.3, 0.4) is 0 Å². The number of halogens is 3. The molecule has 0 aliphatic rings. The normalized spacial score (nSPS) is 10.5. The lowest BCUT2D eigenvalue weighted by Crippen LogP contribution is -2.23. The van der Waals surface area contributed by atoms with Gasteiger partial charge in [-0.3, -0.25) is 9.59 Å². The third-order valence-electron chi connectivity index (χ3n) is 3.48. The van der Waals surface area contributed by atoms with Crippen molar-refractivity contribution in [2.75, 3.05) is 5.32 Å². The summed E-state index contributed by atoms with van der Waals surface area (Å²) in [6.07, 6.45) is 0. The van der Waals surface area contributed by atoms with Gasteiger partial charge in [-0.05, 0) is 52.4 Å². The van der Waals surface area contributed by atoms with Crippen LogP contribution in [0.4, 0.5) is 14.5 Å². The van der Waals surface area contributed by atoms with Gasteiger partial charge in [0.25, 0.3) is 11.5 Å². The third kappa shape index (κ3) is 3.76. The van der Waals surface area contributed by atoms with Crippen molar-refractivity contribution in [2.24, 2.45) is 0 Å². The highest BCUT2D eigenvalue weighted by molar-refractivity contribution is 14.1. The quantitative estimate of drug-likeness (QED) is 0.463. The number of H-pyrrole nitrogens is 1. The number of hydrogen-bond acceptors (Lipinski definition) is 2. The molecule has 0 aliphatic heterocycles. The van der Waals surface area contributed by atoms with E-state index in [2.05, 4.69) is 10.3 Å². The summed E-state index contributed by atoms with van der Waals surface area (Å²) < 4.78 is 26.9. The average Bonchev–Trinajstić information content (AvgIpc) is 2.60. The minimum absolute atomic E-state index is 0.0630. The fourth-order valence-electron chi connectivity index (χ4n) is 2.26. The second kappa shape index (κ2) is 7.14. The van der Waals surface area contributed by atoms with Crippen LogP contribution < -0.4 is 10.9 Å². The number of anilines is 1. The molecule has 7 heteroatoms. The van der Waals surface area contributed by atoms with Crippen LogP contribution in [0.5, 0.6) is 0 Å². The SMILES string of the molecule is O=C(Nc1cc(F)c(I)c(F)c1)c1ccc(-c2ccccc2)[nH]c1=O. The molecule has 0 unspecified atom stereocenters. The van der Waals surface area contributed by atoms with Crippen LogP contribution in [0.15, 0.2) is 59.4 Å². The fourth-order valence-corrected chi connectivity index (χ4v) is 2.58. The lowest BCUT2D eigenvalue weighted by atomic mass is 10.1. The molecule has 1 aromatic heterocycles. The van der Waals surface area contributed by atoms with Crippen LogP contribution in [-0.2, 0) is 0 Å². The van der Waals surface area contributed by atoms with Crippen LogP contribution in [-0.4, -0.2) is 10.9 Å². The Labute approximate surface area is 155 Å². The molecule has 0 aliphatic carbocycles. The van der Waals surface area contributed by atoms with E-state index in [-0.39, 0.29) is 14.8 Å². The molecule has 3 aromatic rings. The number of rotatable bonds is 3. The summed E-state index contributed by atoms with van der Waals surface area (Å²) in [5.41, 5.74) is 0.554. The van der Waals surface area contributed by atoms with E-state index in [0.29, 0.717) is 5.69 Å². The van der Waals surface area contributed by atoms with Gasteiger partial charge >= 0.3 is 0 Å². The molecule has 3 rings (SSSR count). The van der Waals surface area contributed by atoms with Gasteiger partial charge in [0, 0.05) is 11.4 Å². The van der Waals surface area contributed by atoms with Gasteiger partial charge in [-0.25, -0.2) is 8.78 Å². The van der Waals surface area contributed by atoms with Gasteiger partial charge in [-0.2, -0.15) is 0 Å². The Bertz CT molecular complexity index is 980. The number of aromatic amines is 1. The molecule has 0 saturated heterocycles. The first-order valence-corrected chi connectivity index (χ1v) is 8.28. The van der Waals surface area contributed by atoms with E-state index in [1.165, 1.54) is 28.7 Å². The van der Waals surface area contributed by atoms with E-state index < -0.39 is 23.1 Å². The summed E-state index contributed by atoms with van der Waals surface area (Å²) in [7, 11) is 0. The molecular weight excluding hydrogens is 441 g/mol. The highest BCUT2D eigenvalue weighted by Gasteiger charge is 2.14. The maximum absolute atomic E-state index is 13.5. The summed E-state index contributed by atoms with van der Waals surface area (Å²) in [4.78, 5) is 27.0. The van der Waals surface area contributed by atoms with E-state index in [4.69, 9.17) is 0 Å². The summed E-state index contributed by atoms with van der Waals surface area (Å²) in [5, 5.41) is 2.32. The highest BCUT2D eigenvalue weighted by Crippen LogP contribution is 2.21. The Balaban J connectivity index is 1.87. The minimum Gasteiger partial charge on any atom is -0.322 e. The van der Waals surface area contributed by atoms with Crippen molar-refractivity contribution >= 4 is 34.2 Å². The predicted molar refractivity (Wildman–Crippen MR) is 99.5 cm³/mol. The zero-order chi connectivity index (χ0) is 18.0. The number of nitrogens with one attached hydrogen (secondary N) is 2. The van der Waals surface area contributed by atoms with E-state index in [1.54, 1.807) is 6.07 Å². The molecule has 0 bridgehead atoms. The Morgan fingerprint density at radius 1 is 1.00 bits per heavy atom. The molecule has 0 spiro atoms. The van der Waals surface area contributed by atoms with Crippen LogP contribution in [0.2, 0.25) is 0 Å². The number of pyridine rings is 1. The first kappa shape index (κ1) is 17.3. The van der Waals surface area contributed by atoms with Crippen molar-refractivity contribution in [3.63, 3.8) is 0 Å². The molecule has 0 fully saturated rings. The molecule has 1 heterocycles. The Morgan fingerprint density at radius 3 is 2.24 bits per heavy atom. The molecule has 2 N–H and O–H groups in total. The second-order valence-corrected chi connectivity index (χ2v) is 6.27. The molecule has 0 saturated carbocycles. The molecule has 0 radical (unpaired) electrons. The molecular formula is C18H11F2IN2O2. The molecule has 0 atom stereocenters. The number of hydrogen-bond donors (Lipinski definition) is 2. The lowest BCUT2D eigenvalue weighted by Gasteiger charge is -2.07. The van der Waals surface area contributed by atoms with Gasteiger partial charge in [0.2, 0.25) is 0 Å². The van der Waals surface area contributed by atoms with Crippen LogP contribution in [0.1, 0.15) is 10.4 Å². The molecule has 126 valence electrons. The van der Waals surface area contributed by atoms with Gasteiger partial charge in [0.15, 0.2) is 0 Å². The Morgan fingerprint density at radius 2 is 1.64 bits per heavy atom. The van der Waals surface area contributed by atoms with E-state index >= 15 is 0 Å². The molecule has 4 nitrogen and oxygen atoms in total. The summed E-state index contributed by atoms with van der Waals surface area (Å²) in [6.45, 7) is 0. The Hall–Kier alpha value is -2.55. The van der Waals surface area contributed by atoms with Crippen molar-refractivity contribution in [1.29, 1.82) is 0 Å². The highest BCUT2D eigenvalue weighted by atomic mass is 127. The fraction of sp³-hybridized carbons (Fsp3) is 0. The van der Waals surface area contributed by atoms with Gasteiger partial charge in [-0.15, -0.1) is 0 Å². The largest absolute Gasteiger partial charge is 0.322 e. The summed E-state index contributed by atoms with van der Waals surface area (Å²) >= 11 is 1.53. The monoisotopic (exact) mass is 452 g/mol. The number of benzene rings is 2. The van der Waals surface area contributed by atoms with E-state index in [0.717, 1.165) is 17.7 Å². The number of aromatic nitrogens is 1. The minimum atomic E-state index is -0.788. The van der Waals surface area contributed by atoms with Crippen molar-refractivity contribution in [3.05, 3.63) is 85.7 Å². The standard InChI is InChI=1S/C18H11F2IN2O2/c19-13-8-11(9-14(20)16(13)21)22-17(24)12-6-7-15(23-18(12)25)10-4-2-1-3-5-10/h1-9H,(H,22,24)(H,23,25). The number of carbonyl (C=O) groups is 1. The summed E-state index contributed by atoms with van der Waals surface area (Å²) in [5.74, 6) is -2.32. The van der Waals surface area contributed by atoms with Crippen molar-refractivity contribution < 1.29 is 13.6 Å². The zero-order valence-corrected chi connectivity index (χ0v) is 14.8. The average molecular weight is 452 g/mol. The Kier molecular flexibility index (Phi) is 4.93. The number of amides is 1. The van der Waals surface area contributed by atoms with Gasteiger partial charge in [0.1, 0.15) is 17.2 Å². The van der Waals surface area contributed by atoms with Crippen LogP contribution >= 0.6 is 22.6 Å². The van der Waals surface area contributed by atoms with Gasteiger partial charge in [0.05, 0.1) is 3.57 Å². The van der Waals surface area contributed by atoms with Crippen molar-refractivity contribution in [1.82, 2.24) is 4.98 Å². The number of carbonyl (C=O) groups excluding carboxylic acids is 1. The maximum Gasteiger partial charge on any atom is 0.261 e. The van der Waals surface area contributed by atoms with Gasteiger partial charge < -0.3 is 10.3 Å². The predicted octanol–water partition coefficient (Wildman–Crippen LogP) is 4.18. The van der Waals surface area contributed by atoms with Crippen LogP contribution in [0, 0.1) is 15.2 Å². The lowest BCUT2D eigenvalue weighted by molar-refractivity contribution is 0.102. The zero-order valence-electron chi connectivity index (χ0n) is 12.6. The second-order valence-electron chi connectivity index (χ2n) is 5.19. The molecule has 25 heavy (non-hydrogen) atoms. The summed E-state index contributed by atoms with van der Waals surface area (Å²) in [6, 6.07) is 14.1.